The molecule has 0 saturated carbocycles. The minimum absolute atomic E-state index is 0.00741. The molecule has 0 fully saturated rings. The summed E-state index contributed by atoms with van der Waals surface area (Å²) >= 11 is 0. The van der Waals surface area contributed by atoms with E-state index < -0.39 is 0 Å². The summed E-state index contributed by atoms with van der Waals surface area (Å²) in [6.45, 7) is 28.2. The number of anilines is 6. The highest BCUT2D eigenvalue weighted by Crippen LogP contribution is 2.55. The fourth-order valence-electron chi connectivity index (χ4n) is 11.8. The molecule has 0 radical (unpaired) electrons. The van der Waals surface area contributed by atoms with Crippen molar-refractivity contribution in [2.24, 2.45) is 0 Å². The van der Waals surface area contributed by atoms with Gasteiger partial charge >= 0.3 is 0 Å². The maximum Gasteiger partial charge on any atom is 0.252 e. The van der Waals surface area contributed by atoms with Crippen molar-refractivity contribution in [3.8, 4) is 11.1 Å². The van der Waals surface area contributed by atoms with E-state index in [4.69, 9.17) is 0 Å². The average molecular weight is 873 g/mol. The Morgan fingerprint density at radius 3 is 1.64 bits per heavy atom. The van der Waals surface area contributed by atoms with Crippen molar-refractivity contribution in [2.45, 2.75) is 118 Å². The molecule has 67 heavy (non-hydrogen) atoms. The van der Waals surface area contributed by atoms with Crippen LogP contribution in [0.15, 0.2) is 157 Å². The van der Waals surface area contributed by atoms with Crippen LogP contribution in [0.2, 0.25) is 0 Å². The molecule has 2 aliphatic carbocycles. The average Bonchev–Trinajstić information content (AvgIpc) is 3.53. The minimum atomic E-state index is -0.0285. The SMILES string of the molecule is Cc1cc2c3c(c1)N(c1ccc(C(C)(C)C)cc1-c1ccccc1)c1ccc(C(C)(C)C)cc1B3c1cc(C(C)(C)C)ccc1N2c1ccc(C2=CCCC3=C2c2ccccc2C3(C)C)cc1. The molecule has 3 heteroatoms. The topological polar surface area (TPSA) is 6.48 Å². The van der Waals surface area contributed by atoms with Crippen molar-refractivity contribution in [3.63, 3.8) is 0 Å². The van der Waals surface area contributed by atoms with Crippen LogP contribution in [-0.4, -0.2) is 6.71 Å². The van der Waals surface area contributed by atoms with Crippen LogP contribution in [0.3, 0.4) is 0 Å². The number of aryl methyl sites for hydroxylation is 1. The van der Waals surface area contributed by atoms with Crippen LogP contribution in [0.4, 0.5) is 34.1 Å². The Morgan fingerprint density at radius 2 is 1.03 bits per heavy atom. The lowest BCUT2D eigenvalue weighted by molar-refractivity contribution is 0.590. The number of allylic oxidation sites excluding steroid dienone is 4. The van der Waals surface area contributed by atoms with Gasteiger partial charge in [0.15, 0.2) is 0 Å². The molecule has 334 valence electrons. The lowest BCUT2D eigenvalue weighted by atomic mass is 9.33. The molecule has 2 nitrogen and oxygen atoms in total. The maximum absolute atomic E-state index is 2.61. The van der Waals surface area contributed by atoms with Crippen LogP contribution >= 0.6 is 0 Å². The van der Waals surface area contributed by atoms with Crippen LogP contribution in [0.25, 0.3) is 22.3 Å². The van der Waals surface area contributed by atoms with Gasteiger partial charge < -0.3 is 9.80 Å². The Balaban J connectivity index is 1.15. The van der Waals surface area contributed by atoms with Crippen molar-refractivity contribution in [1.82, 2.24) is 0 Å². The molecule has 0 saturated heterocycles. The smallest absolute Gasteiger partial charge is 0.252 e. The van der Waals surface area contributed by atoms with Gasteiger partial charge in [0.25, 0.3) is 6.71 Å². The van der Waals surface area contributed by atoms with E-state index in [1.807, 2.05) is 0 Å². The largest absolute Gasteiger partial charge is 0.311 e. The predicted molar refractivity (Wildman–Crippen MR) is 290 cm³/mol. The van der Waals surface area contributed by atoms with Gasteiger partial charge in [-0.1, -0.05) is 185 Å². The highest BCUT2D eigenvalue weighted by Gasteiger charge is 2.45. The third kappa shape index (κ3) is 6.90. The van der Waals surface area contributed by atoms with E-state index >= 15 is 0 Å². The summed E-state index contributed by atoms with van der Waals surface area (Å²) in [4.78, 5) is 5.19. The Labute approximate surface area is 401 Å². The molecular weight excluding hydrogens is 808 g/mol. The van der Waals surface area contributed by atoms with Crippen molar-refractivity contribution in [2.75, 3.05) is 9.80 Å². The van der Waals surface area contributed by atoms with E-state index in [0.717, 1.165) is 12.8 Å². The molecule has 2 heterocycles. The molecule has 0 bridgehead atoms. The number of hydrogen-bond acceptors (Lipinski definition) is 2. The standard InChI is InChI=1S/C64H65BN2/c1-40-35-57-60-58(36-40)67(54-32-27-43(61(2,3)4)37-49(54)41-19-14-13-15-20-41)56-34-29-45(63(8,9)10)39-53(56)65(60)52-38-44(62(5,6)7)28-33-55(52)66(57)46-30-25-42(26-31-46)47-22-18-24-51-59(47)48-21-16-17-23-50(48)64(51,11)12/h13-17,19-23,25-39H,18,24H2,1-12H3. The summed E-state index contributed by atoms with van der Waals surface area (Å²) in [6, 6.07) is 56.5. The molecule has 0 unspecified atom stereocenters. The van der Waals surface area contributed by atoms with Gasteiger partial charge in [-0.05, 0) is 157 Å². The normalized spacial score (nSPS) is 16.0. The van der Waals surface area contributed by atoms with Crippen LogP contribution in [-0.2, 0) is 21.7 Å². The molecule has 0 atom stereocenters. The van der Waals surface area contributed by atoms with Gasteiger partial charge in [-0.15, -0.1) is 0 Å². The second-order valence-corrected chi connectivity index (χ2v) is 23.4. The zero-order valence-corrected chi connectivity index (χ0v) is 41.8. The molecule has 0 amide bonds. The number of rotatable bonds is 4. The summed E-state index contributed by atoms with van der Waals surface area (Å²) in [5, 5.41) is 0. The lowest BCUT2D eigenvalue weighted by Crippen LogP contribution is -2.61. The van der Waals surface area contributed by atoms with Gasteiger partial charge in [0.2, 0.25) is 0 Å². The Bertz CT molecular complexity index is 3210. The quantitative estimate of drug-likeness (QED) is 0.163. The summed E-state index contributed by atoms with van der Waals surface area (Å²) < 4.78 is 0. The molecule has 7 aromatic rings. The number of benzene rings is 7. The molecule has 0 spiro atoms. The maximum atomic E-state index is 2.61. The second-order valence-electron chi connectivity index (χ2n) is 23.4. The van der Waals surface area contributed by atoms with Gasteiger partial charge in [0, 0.05) is 39.4 Å². The monoisotopic (exact) mass is 873 g/mol. The second kappa shape index (κ2) is 15.1. The first-order chi connectivity index (χ1) is 31.8. The zero-order chi connectivity index (χ0) is 46.9. The van der Waals surface area contributed by atoms with E-state index in [2.05, 4.69) is 245 Å². The Hall–Kier alpha value is -6.32. The van der Waals surface area contributed by atoms with Crippen molar-refractivity contribution in [1.29, 1.82) is 0 Å². The van der Waals surface area contributed by atoms with Crippen LogP contribution in [0, 0.1) is 6.92 Å². The summed E-state index contributed by atoms with van der Waals surface area (Å²) in [6.07, 6.45) is 4.68. The molecule has 0 aromatic heterocycles. The lowest BCUT2D eigenvalue weighted by Gasteiger charge is -2.45. The minimum Gasteiger partial charge on any atom is -0.311 e. The first-order valence-electron chi connectivity index (χ1n) is 24.7. The van der Waals surface area contributed by atoms with Crippen LogP contribution in [0.1, 0.15) is 128 Å². The van der Waals surface area contributed by atoms with Crippen LogP contribution in [0.5, 0.6) is 0 Å². The highest BCUT2D eigenvalue weighted by atomic mass is 15.2. The van der Waals surface area contributed by atoms with E-state index in [-0.39, 0.29) is 28.4 Å². The Kier molecular flexibility index (Phi) is 9.75. The van der Waals surface area contributed by atoms with Gasteiger partial charge in [-0.3, -0.25) is 0 Å². The molecule has 11 rings (SSSR count). The predicted octanol–water partition coefficient (Wildman–Crippen LogP) is 15.6. The van der Waals surface area contributed by atoms with E-state index in [9.17, 15) is 0 Å². The van der Waals surface area contributed by atoms with Gasteiger partial charge in [-0.2, -0.15) is 0 Å². The van der Waals surface area contributed by atoms with Gasteiger partial charge in [0.1, 0.15) is 0 Å². The van der Waals surface area contributed by atoms with Gasteiger partial charge in [0.05, 0.1) is 5.69 Å². The summed E-state index contributed by atoms with van der Waals surface area (Å²) in [5.74, 6) is 0. The van der Waals surface area contributed by atoms with E-state index in [1.54, 1.807) is 5.57 Å². The Morgan fingerprint density at radius 1 is 0.493 bits per heavy atom. The van der Waals surface area contributed by atoms with Gasteiger partial charge in [-0.25, -0.2) is 0 Å². The fraction of sp³-hybridized carbons (Fsp3) is 0.281. The third-order valence-electron chi connectivity index (χ3n) is 15.5. The summed E-state index contributed by atoms with van der Waals surface area (Å²) in [5.41, 5.74) is 27.7. The van der Waals surface area contributed by atoms with Crippen molar-refractivity contribution < 1.29 is 0 Å². The number of hydrogen-bond donors (Lipinski definition) is 0. The first kappa shape index (κ1) is 43.3. The van der Waals surface area contributed by atoms with E-state index in [0.29, 0.717) is 0 Å². The summed E-state index contributed by atoms with van der Waals surface area (Å²) in [7, 11) is 0. The molecule has 0 N–H and O–H groups in total. The third-order valence-corrected chi connectivity index (χ3v) is 15.5. The molecule has 2 aliphatic heterocycles. The van der Waals surface area contributed by atoms with Crippen molar-refractivity contribution >= 4 is 68.4 Å². The van der Waals surface area contributed by atoms with Crippen molar-refractivity contribution in [3.05, 3.63) is 196 Å². The van der Waals surface area contributed by atoms with E-state index in [1.165, 1.54) is 112 Å². The molecule has 7 aromatic carbocycles. The molecule has 4 aliphatic rings. The fourth-order valence-corrected chi connectivity index (χ4v) is 11.8. The highest BCUT2D eigenvalue weighted by molar-refractivity contribution is 7.00. The van der Waals surface area contributed by atoms with Crippen LogP contribution < -0.4 is 26.2 Å². The first-order valence-corrected chi connectivity index (χ1v) is 24.7. The molecular formula is C64H65BN2. The number of nitrogens with zero attached hydrogens (tertiary/aromatic N) is 2. The number of fused-ring (bicyclic) bond motifs is 6. The zero-order valence-electron chi connectivity index (χ0n) is 41.8.